The molecule has 0 unspecified atom stereocenters. The fourth-order valence-electron chi connectivity index (χ4n) is 2.04. The van der Waals surface area contributed by atoms with E-state index in [9.17, 15) is 4.79 Å². The van der Waals surface area contributed by atoms with Crippen LogP contribution in [-0.2, 0) is 4.74 Å². The Bertz CT molecular complexity index is 373. The molecule has 0 saturated heterocycles. The fraction of sp³-hybridized carbons (Fsp3) is 0.500. The first-order valence-electron chi connectivity index (χ1n) is 5.64. The zero-order valence-corrected chi connectivity index (χ0v) is 9.19. The Morgan fingerprint density at radius 1 is 1.50 bits per heavy atom. The molecule has 4 heteroatoms. The van der Waals surface area contributed by atoms with E-state index in [1.165, 1.54) is 31.9 Å². The number of nitrogens with zero attached hydrogens (tertiary/aromatic N) is 1. The molecule has 0 amide bonds. The van der Waals surface area contributed by atoms with Crippen molar-refractivity contribution in [2.24, 2.45) is 5.92 Å². The molecule has 0 aromatic carbocycles. The minimum absolute atomic E-state index is 0.341. The molecule has 0 atom stereocenters. The van der Waals surface area contributed by atoms with Crippen molar-refractivity contribution in [1.29, 1.82) is 0 Å². The Morgan fingerprint density at radius 3 is 2.94 bits per heavy atom. The van der Waals surface area contributed by atoms with E-state index in [0.717, 1.165) is 0 Å². The minimum atomic E-state index is -0.341. The lowest BCUT2D eigenvalue weighted by Crippen LogP contribution is -2.13. The van der Waals surface area contributed by atoms with Crippen LogP contribution in [-0.4, -0.2) is 17.6 Å². The smallest absolute Gasteiger partial charge is 0.340 e. The number of hydrogen-bond acceptors (Lipinski definition) is 4. The summed E-state index contributed by atoms with van der Waals surface area (Å²) < 4.78 is 5.25. The van der Waals surface area contributed by atoms with Gasteiger partial charge in [0.1, 0.15) is 0 Å². The zero-order valence-electron chi connectivity index (χ0n) is 9.19. The molecule has 2 N–H and O–H groups in total. The minimum Gasteiger partial charge on any atom is -0.462 e. The molecule has 1 aromatic heterocycles. The molecule has 1 saturated carbocycles. The maximum absolute atomic E-state index is 11.7. The number of carbonyl (C=O) groups excluding carboxylic acids is 1. The number of aromatic nitrogens is 1. The number of anilines is 1. The molecular formula is C12H16N2O2. The number of rotatable bonds is 3. The van der Waals surface area contributed by atoms with Crippen LogP contribution in [0.1, 0.15) is 36.0 Å². The number of ether oxygens (including phenoxy) is 1. The monoisotopic (exact) mass is 220 g/mol. The van der Waals surface area contributed by atoms with E-state index in [1.54, 1.807) is 12.3 Å². The van der Waals surface area contributed by atoms with Gasteiger partial charge in [0.05, 0.1) is 24.1 Å². The Morgan fingerprint density at radius 2 is 2.25 bits per heavy atom. The van der Waals surface area contributed by atoms with Gasteiger partial charge in [-0.05, 0) is 24.8 Å². The van der Waals surface area contributed by atoms with Gasteiger partial charge in [-0.25, -0.2) is 4.79 Å². The molecule has 16 heavy (non-hydrogen) atoms. The first-order valence-corrected chi connectivity index (χ1v) is 5.64. The van der Waals surface area contributed by atoms with Gasteiger partial charge in [-0.15, -0.1) is 0 Å². The number of nitrogen functional groups attached to an aromatic ring is 1. The molecule has 0 radical (unpaired) electrons. The van der Waals surface area contributed by atoms with Crippen LogP contribution < -0.4 is 5.73 Å². The van der Waals surface area contributed by atoms with Crippen LogP contribution in [0.2, 0.25) is 0 Å². The average Bonchev–Trinajstić information content (AvgIpc) is 2.79. The van der Waals surface area contributed by atoms with Crippen molar-refractivity contribution < 1.29 is 9.53 Å². The van der Waals surface area contributed by atoms with Crippen molar-refractivity contribution in [2.75, 3.05) is 12.3 Å². The van der Waals surface area contributed by atoms with Crippen molar-refractivity contribution in [1.82, 2.24) is 4.98 Å². The average molecular weight is 220 g/mol. The highest BCUT2D eigenvalue weighted by Crippen LogP contribution is 2.25. The highest BCUT2D eigenvalue weighted by Gasteiger charge is 2.18. The molecule has 2 rings (SSSR count). The number of carbonyl (C=O) groups is 1. The van der Waals surface area contributed by atoms with Gasteiger partial charge >= 0.3 is 5.97 Å². The molecular weight excluding hydrogens is 204 g/mol. The third-order valence-corrected chi connectivity index (χ3v) is 3.00. The summed E-state index contributed by atoms with van der Waals surface area (Å²) in [5, 5.41) is 0. The fourth-order valence-corrected chi connectivity index (χ4v) is 2.04. The Balaban J connectivity index is 1.90. The van der Waals surface area contributed by atoms with Crippen molar-refractivity contribution in [3.8, 4) is 0 Å². The summed E-state index contributed by atoms with van der Waals surface area (Å²) in [5.74, 6) is 0.193. The molecule has 1 aliphatic rings. The van der Waals surface area contributed by atoms with Crippen LogP contribution in [0, 0.1) is 5.92 Å². The van der Waals surface area contributed by atoms with Crippen LogP contribution in [0.4, 0.5) is 5.69 Å². The highest BCUT2D eigenvalue weighted by atomic mass is 16.5. The first-order chi connectivity index (χ1) is 7.77. The van der Waals surface area contributed by atoms with Crippen LogP contribution >= 0.6 is 0 Å². The summed E-state index contributed by atoms with van der Waals surface area (Å²) in [5.41, 5.74) is 6.43. The lowest BCUT2D eigenvalue weighted by molar-refractivity contribution is 0.0443. The van der Waals surface area contributed by atoms with E-state index in [-0.39, 0.29) is 5.97 Å². The van der Waals surface area contributed by atoms with E-state index in [2.05, 4.69) is 4.98 Å². The Kier molecular flexibility index (Phi) is 3.39. The summed E-state index contributed by atoms with van der Waals surface area (Å²) >= 11 is 0. The van der Waals surface area contributed by atoms with E-state index in [1.807, 2.05) is 0 Å². The molecule has 86 valence electrons. The second-order valence-corrected chi connectivity index (χ2v) is 4.21. The second-order valence-electron chi connectivity index (χ2n) is 4.21. The standard InChI is InChI=1S/C12H16N2O2/c13-11-7-14-6-5-10(11)12(15)16-8-9-3-1-2-4-9/h5-7,9H,1-4,8,13H2. The topological polar surface area (TPSA) is 65.2 Å². The molecule has 0 bridgehead atoms. The van der Waals surface area contributed by atoms with Gasteiger partial charge < -0.3 is 10.5 Å². The summed E-state index contributed by atoms with van der Waals surface area (Å²) in [4.78, 5) is 15.5. The number of esters is 1. The summed E-state index contributed by atoms with van der Waals surface area (Å²) in [7, 11) is 0. The van der Waals surface area contributed by atoms with Crippen LogP contribution in [0.15, 0.2) is 18.5 Å². The van der Waals surface area contributed by atoms with Gasteiger partial charge in [-0.3, -0.25) is 4.98 Å². The molecule has 1 aromatic rings. The molecule has 0 spiro atoms. The quantitative estimate of drug-likeness (QED) is 0.791. The first kappa shape index (κ1) is 10.9. The van der Waals surface area contributed by atoms with Gasteiger partial charge in [0, 0.05) is 6.20 Å². The van der Waals surface area contributed by atoms with Crippen LogP contribution in [0.3, 0.4) is 0 Å². The third-order valence-electron chi connectivity index (χ3n) is 3.00. The van der Waals surface area contributed by atoms with Crippen molar-refractivity contribution in [2.45, 2.75) is 25.7 Å². The van der Waals surface area contributed by atoms with E-state index < -0.39 is 0 Å². The van der Waals surface area contributed by atoms with Crippen LogP contribution in [0.25, 0.3) is 0 Å². The van der Waals surface area contributed by atoms with E-state index in [4.69, 9.17) is 10.5 Å². The van der Waals surface area contributed by atoms with Crippen molar-refractivity contribution in [3.63, 3.8) is 0 Å². The van der Waals surface area contributed by atoms with Crippen LogP contribution in [0.5, 0.6) is 0 Å². The predicted octanol–water partition coefficient (Wildman–Crippen LogP) is 2.01. The number of nitrogens with two attached hydrogens (primary N) is 1. The molecule has 1 fully saturated rings. The van der Waals surface area contributed by atoms with Gasteiger partial charge in [0.25, 0.3) is 0 Å². The summed E-state index contributed by atoms with van der Waals surface area (Å²) in [6, 6.07) is 1.59. The SMILES string of the molecule is Nc1cnccc1C(=O)OCC1CCCC1. The summed E-state index contributed by atoms with van der Waals surface area (Å²) in [6.45, 7) is 0.514. The summed E-state index contributed by atoms with van der Waals surface area (Å²) in [6.07, 6.45) is 7.84. The zero-order chi connectivity index (χ0) is 11.4. The van der Waals surface area contributed by atoms with Gasteiger partial charge in [0.2, 0.25) is 0 Å². The largest absolute Gasteiger partial charge is 0.462 e. The predicted molar refractivity (Wildman–Crippen MR) is 60.9 cm³/mol. The van der Waals surface area contributed by atoms with Gasteiger partial charge in [0.15, 0.2) is 0 Å². The Labute approximate surface area is 94.8 Å². The second kappa shape index (κ2) is 4.96. The third kappa shape index (κ3) is 2.51. The lowest BCUT2D eigenvalue weighted by atomic mass is 10.1. The lowest BCUT2D eigenvalue weighted by Gasteiger charge is -2.10. The maximum atomic E-state index is 11.7. The molecule has 0 aliphatic heterocycles. The normalized spacial score (nSPS) is 16.2. The highest BCUT2D eigenvalue weighted by molar-refractivity contribution is 5.94. The number of pyridine rings is 1. The van der Waals surface area contributed by atoms with Crippen molar-refractivity contribution in [3.05, 3.63) is 24.0 Å². The maximum Gasteiger partial charge on any atom is 0.340 e. The molecule has 1 heterocycles. The Hall–Kier alpha value is -1.58. The van der Waals surface area contributed by atoms with Gasteiger partial charge in [-0.1, -0.05) is 12.8 Å². The van der Waals surface area contributed by atoms with Gasteiger partial charge in [-0.2, -0.15) is 0 Å². The molecule has 1 aliphatic carbocycles. The molecule has 4 nitrogen and oxygen atoms in total. The number of hydrogen-bond donors (Lipinski definition) is 1. The van der Waals surface area contributed by atoms with E-state index >= 15 is 0 Å². The van der Waals surface area contributed by atoms with Crippen molar-refractivity contribution >= 4 is 11.7 Å². The van der Waals surface area contributed by atoms with E-state index in [0.29, 0.717) is 23.8 Å².